The smallest absolute Gasteiger partial charge is 0.271 e. The second kappa shape index (κ2) is 6.32. The summed E-state index contributed by atoms with van der Waals surface area (Å²) in [6, 6.07) is 8.67. The normalized spacial score (nSPS) is 10.1. The van der Waals surface area contributed by atoms with Gasteiger partial charge in [-0.1, -0.05) is 35.9 Å². The van der Waals surface area contributed by atoms with E-state index in [0.717, 1.165) is 10.1 Å². The van der Waals surface area contributed by atoms with Crippen molar-refractivity contribution in [2.45, 2.75) is 20.4 Å². The number of aryl methyl sites for hydroxylation is 1. The molecule has 0 saturated carbocycles. The van der Waals surface area contributed by atoms with E-state index in [1.54, 1.807) is 24.3 Å². The topological polar surface area (TPSA) is 83.1 Å². The van der Waals surface area contributed by atoms with Crippen LogP contribution in [0, 0.1) is 25.2 Å². The van der Waals surface area contributed by atoms with Crippen LogP contribution in [0.4, 0.5) is 0 Å². The second-order valence-electron chi connectivity index (χ2n) is 5.21. The number of aromatic nitrogens is 1. The molecule has 1 aromatic carbocycles. The van der Waals surface area contributed by atoms with Crippen LogP contribution in [0.1, 0.15) is 32.6 Å². The molecule has 2 aromatic rings. The van der Waals surface area contributed by atoms with Crippen LogP contribution >= 0.6 is 0 Å². The van der Waals surface area contributed by atoms with Crippen molar-refractivity contribution in [2.24, 2.45) is 0 Å². The number of rotatable bonds is 4. The predicted octanol–water partition coefficient (Wildman–Crippen LogP) is 2.46. The number of carbonyl (C=O) groups excluding carboxylic acids is 1. The number of ketones is 1. The summed E-state index contributed by atoms with van der Waals surface area (Å²) in [6.07, 6.45) is 1.41. The van der Waals surface area contributed by atoms with Crippen molar-refractivity contribution in [2.75, 3.05) is 0 Å². The molecular weight excluding hydrogens is 292 g/mol. The van der Waals surface area contributed by atoms with Gasteiger partial charge in [0.1, 0.15) is 11.6 Å². The maximum Gasteiger partial charge on any atom is 0.271 e. The molecular formula is C18H16N2O3. The lowest BCUT2D eigenvalue weighted by atomic mass is 9.96. The van der Waals surface area contributed by atoms with E-state index in [4.69, 9.17) is 0 Å². The van der Waals surface area contributed by atoms with E-state index in [1.165, 1.54) is 13.0 Å². The van der Waals surface area contributed by atoms with Crippen molar-refractivity contribution in [3.8, 4) is 11.9 Å². The van der Waals surface area contributed by atoms with Gasteiger partial charge >= 0.3 is 0 Å². The number of nitriles is 1. The van der Waals surface area contributed by atoms with E-state index in [9.17, 15) is 20.0 Å². The molecule has 0 aliphatic heterocycles. The highest BCUT2D eigenvalue weighted by Gasteiger charge is 2.24. The first kappa shape index (κ1) is 16.2. The number of carbonyl (C=O) groups is 1. The molecule has 0 aliphatic rings. The molecule has 1 heterocycles. The van der Waals surface area contributed by atoms with Crippen molar-refractivity contribution in [3.63, 3.8) is 0 Å². The zero-order valence-electron chi connectivity index (χ0n) is 13.0. The Bertz CT molecular complexity index is 884. The van der Waals surface area contributed by atoms with Gasteiger partial charge in [0.05, 0.1) is 5.56 Å². The molecule has 0 unspecified atom stereocenters. The van der Waals surface area contributed by atoms with Crippen LogP contribution in [-0.4, -0.2) is 15.5 Å². The molecule has 0 bridgehead atoms. The van der Waals surface area contributed by atoms with E-state index >= 15 is 0 Å². The maximum absolute atomic E-state index is 12.7. The van der Waals surface area contributed by atoms with Gasteiger partial charge in [-0.15, -0.1) is 6.58 Å². The van der Waals surface area contributed by atoms with Gasteiger partial charge in [0.15, 0.2) is 5.78 Å². The molecule has 0 fully saturated rings. The number of aromatic hydroxyl groups is 1. The number of pyridine rings is 1. The molecule has 1 aromatic heterocycles. The standard InChI is InChI=1S/C18H16N2O3/c1-4-9-20-17(22)14(10-19)12(3)15(18(20)23)16(21)13-7-5-11(2)6-8-13/h4-8,23H,1,9H2,2-3H3. The van der Waals surface area contributed by atoms with E-state index < -0.39 is 17.2 Å². The molecule has 0 radical (unpaired) electrons. The molecule has 0 spiro atoms. The van der Waals surface area contributed by atoms with E-state index in [0.29, 0.717) is 5.56 Å². The molecule has 0 saturated heterocycles. The van der Waals surface area contributed by atoms with Gasteiger partial charge in [-0.2, -0.15) is 5.26 Å². The summed E-state index contributed by atoms with van der Waals surface area (Å²) in [5, 5.41) is 19.6. The van der Waals surface area contributed by atoms with E-state index in [1.807, 2.05) is 13.0 Å². The lowest BCUT2D eigenvalue weighted by molar-refractivity contribution is 0.103. The Morgan fingerprint density at radius 3 is 2.48 bits per heavy atom. The second-order valence-corrected chi connectivity index (χ2v) is 5.21. The molecule has 5 heteroatoms. The van der Waals surface area contributed by atoms with Crippen LogP contribution in [-0.2, 0) is 6.54 Å². The lowest BCUT2D eigenvalue weighted by Crippen LogP contribution is -2.26. The first-order valence-corrected chi connectivity index (χ1v) is 7.01. The molecule has 2 rings (SSSR count). The summed E-state index contributed by atoms with van der Waals surface area (Å²) in [5.74, 6) is -0.883. The zero-order valence-corrected chi connectivity index (χ0v) is 13.0. The first-order chi connectivity index (χ1) is 10.9. The fourth-order valence-electron chi connectivity index (χ4n) is 2.37. The maximum atomic E-state index is 12.7. The summed E-state index contributed by atoms with van der Waals surface area (Å²) in [4.78, 5) is 24.9. The third-order valence-electron chi connectivity index (χ3n) is 3.65. The Morgan fingerprint density at radius 2 is 1.96 bits per heavy atom. The van der Waals surface area contributed by atoms with Crippen LogP contribution in [0.2, 0.25) is 0 Å². The first-order valence-electron chi connectivity index (χ1n) is 7.01. The molecule has 0 amide bonds. The van der Waals surface area contributed by atoms with E-state index in [2.05, 4.69) is 6.58 Å². The molecule has 23 heavy (non-hydrogen) atoms. The van der Waals surface area contributed by atoms with Crippen LogP contribution in [0.5, 0.6) is 5.88 Å². The van der Waals surface area contributed by atoms with Gasteiger partial charge in [0.2, 0.25) is 5.88 Å². The Hall–Kier alpha value is -3.13. The Morgan fingerprint density at radius 1 is 1.35 bits per heavy atom. The predicted molar refractivity (Wildman–Crippen MR) is 86.6 cm³/mol. The van der Waals surface area contributed by atoms with Crippen molar-refractivity contribution < 1.29 is 9.90 Å². The monoisotopic (exact) mass is 308 g/mol. The van der Waals surface area contributed by atoms with Crippen molar-refractivity contribution in [1.82, 2.24) is 4.57 Å². The number of hydrogen-bond donors (Lipinski definition) is 1. The third kappa shape index (κ3) is 2.79. The summed E-state index contributed by atoms with van der Waals surface area (Å²) in [5.41, 5.74) is 0.731. The highest BCUT2D eigenvalue weighted by atomic mass is 16.3. The Balaban J connectivity index is 2.76. The van der Waals surface area contributed by atoms with Crippen LogP contribution in [0.25, 0.3) is 0 Å². The number of benzene rings is 1. The van der Waals surface area contributed by atoms with Gasteiger partial charge in [0, 0.05) is 12.1 Å². The average Bonchev–Trinajstić information content (AvgIpc) is 2.52. The molecule has 0 aliphatic carbocycles. The van der Waals surface area contributed by atoms with Crippen LogP contribution in [0.3, 0.4) is 0 Å². The van der Waals surface area contributed by atoms with E-state index in [-0.39, 0.29) is 23.2 Å². The van der Waals surface area contributed by atoms with Crippen LogP contribution in [0.15, 0.2) is 41.7 Å². The fourth-order valence-corrected chi connectivity index (χ4v) is 2.37. The summed E-state index contributed by atoms with van der Waals surface area (Å²) >= 11 is 0. The minimum Gasteiger partial charge on any atom is -0.494 e. The van der Waals surface area contributed by atoms with Crippen molar-refractivity contribution >= 4 is 5.78 Å². The summed E-state index contributed by atoms with van der Waals surface area (Å²) in [7, 11) is 0. The van der Waals surface area contributed by atoms with Gasteiger partial charge in [-0.25, -0.2) is 0 Å². The third-order valence-corrected chi connectivity index (χ3v) is 3.65. The molecule has 1 N–H and O–H groups in total. The van der Waals surface area contributed by atoms with Crippen LogP contribution < -0.4 is 5.56 Å². The average molecular weight is 308 g/mol. The number of nitrogens with zero attached hydrogens (tertiary/aromatic N) is 2. The summed E-state index contributed by atoms with van der Waals surface area (Å²) in [6.45, 7) is 6.91. The molecule has 0 atom stereocenters. The van der Waals surface area contributed by atoms with Crippen molar-refractivity contribution in [1.29, 1.82) is 5.26 Å². The van der Waals surface area contributed by atoms with Gasteiger partial charge < -0.3 is 5.11 Å². The summed E-state index contributed by atoms with van der Waals surface area (Å²) < 4.78 is 0.972. The van der Waals surface area contributed by atoms with Gasteiger partial charge in [-0.05, 0) is 19.4 Å². The minimum atomic E-state index is -0.636. The fraction of sp³-hybridized carbons (Fsp3) is 0.167. The molecule has 116 valence electrons. The number of hydrogen-bond acceptors (Lipinski definition) is 4. The van der Waals surface area contributed by atoms with Gasteiger partial charge in [-0.3, -0.25) is 14.2 Å². The van der Waals surface area contributed by atoms with Crippen molar-refractivity contribution in [3.05, 3.63) is 75.1 Å². The minimum absolute atomic E-state index is 0.00774. The lowest BCUT2D eigenvalue weighted by Gasteiger charge is -2.14. The highest BCUT2D eigenvalue weighted by Crippen LogP contribution is 2.25. The Labute approximate surface area is 133 Å². The Kier molecular flexibility index (Phi) is 4.47. The van der Waals surface area contributed by atoms with Gasteiger partial charge in [0.25, 0.3) is 5.56 Å². The quantitative estimate of drug-likeness (QED) is 0.694. The highest BCUT2D eigenvalue weighted by molar-refractivity contribution is 6.11. The molecule has 5 nitrogen and oxygen atoms in total. The SMILES string of the molecule is C=CCn1c(O)c(C(=O)c2ccc(C)cc2)c(C)c(C#N)c1=O. The zero-order chi connectivity index (χ0) is 17.1. The number of allylic oxidation sites excluding steroid dienone is 1. The largest absolute Gasteiger partial charge is 0.494 e.